The Labute approximate surface area is 182 Å². The number of likely N-dealkylation sites (tertiary alicyclic amines) is 2. The normalized spacial score (nSPS) is 19.6. The van der Waals surface area contributed by atoms with Crippen LogP contribution >= 0.6 is 0 Å². The Morgan fingerprint density at radius 2 is 1.53 bits per heavy atom. The molecule has 0 unspecified atom stereocenters. The second-order valence-electron chi connectivity index (χ2n) is 9.32. The zero-order chi connectivity index (χ0) is 21.9. The molecule has 1 N–H and O–H groups in total. The molecule has 0 bridgehead atoms. The zero-order valence-corrected chi connectivity index (χ0v) is 19.5. The van der Waals surface area contributed by atoms with Crippen LogP contribution < -0.4 is 5.32 Å². The van der Waals surface area contributed by atoms with Gasteiger partial charge < -0.3 is 24.6 Å². The lowest BCUT2D eigenvalue weighted by atomic mass is 9.87. The van der Waals surface area contributed by atoms with Crippen molar-refractivity contribution in [3.05, 3.63) is 0 Å². The summed E-state index contributed by atoms with van der Waals surface area (Å²) in [5.41, 5.74) is 0. The SMILES string of the molecule is CC(C)C1CCN(C(=O)COCCOCCNC(=O)C2CCN(C(C)C)CC2)CC1. The largest absolute Gasteiger partial charge is 0.377 e. The molecule has 0 aromatic heterocycles. The Morgan fingerprint density at radius 3 is 2.13 bits per heavy atom. The summed E-state index contributed by atoms with van der Waals surface area (Å²) in [4.78, 5) is 28.8. The third-order valence-corrected chi connectivity index (χ3v) is 6.61. The first kappa shape index (κ1) is 25.1. The Hall–Kier alpha value is -1.18. The van der Waals surface area contributed by atoms with Crippen molar-refractivity contribution in [2.75, 3.05) is 59.2 Å². The van der Waals surface area contributed by atoms with Gasteiger partial charge in [-0.2, -0.15) is 0 Å². The fourth-order valence-corrected chi connectivity index (χ4v) is 4.35. The summed E-state index contributed by atoms with van der Waals surface area (Å²) in [7, 11) is 0. The van der Waals surface area contributed by atoms with Crippen LogP contribution in [-0.2, 0) is 19.1 Å². The van der Waals surface area contributed by atoms with Gasteiger partial charge in [-0.3, -0.25) is 9.59 Å². The van der Waals surface area contributed by atoms with Crippen molar-refractivity contribution < 1.29 is 19.1 Å². The number of hydrogen-bond donors (Lipinski definition) is 1. The molecule has 2 rings (SSSR count). The Balaban J connectivity index is 1.43. The lowest BCUT2D eigenvalue weighted by Crippen LogP contribution is -2.43. The van der Waals surface area contributed by atoms with Crippen LogP contribution in [0.1, 0.15) is 53.4 Å². The number of amides is 2. The summed E-state index contributed by atoms with van der Waals surface area (Å²) in [5.74, 6) is 1.77. The van der Waals surface area contributed by atoms with Crippen LogP contribution in [0.4, 0.5) is 0 Å². The highest BCUT2D eigenvalue weighted by Crippen LogP contribution is 2.24. The van der Waals surface area contributed by atoms with Crippen LogP contribution in [0.2, 0.25) is 0 Å². The van der Waals surface area contributed by atoms with Crippen molar-refractivity contribution in [3.63, 3.8) is 0 Å². The van der Waals surface area contributed by atoms with E-state index in [1.54, 1.807) is 0 Å². The highest BCUT2D eigenvalue weighted by molar-refractivity contribution is 5.78. The first-order valence-corrected chi connectivity index (χ1v) is 11.8. The molecule has 0 aliphatic carbocycles. The quantitative estimate of drug-likeness (QED) is 0.514. The minimum Gasteiger partial charge on any atom is -0.377 e. The second-order valence-corrected chi connectivity index (χ2v) is 9.32. The van der Waals surface area contributed by atoms with E-state index in [-0.39, 0.29) is 24.3 Å². The van der Waals surface area contributed by atoms with Crippen LogP contribution in [0, 0.1) is 17.8 Å². The third kappa shape index (κ3) is 8.52. The van der Waals surface area contributed by atoms with Crippen LogP contribution in [0.3, 0.4) is 0 Å². The number of nitrogens with one attached hydrogen (secondary N) is 1. The van der Waals surface area contributed by atoms with Gasteiger partial charge in [0.1, 0.15) is 6.61 Å². The van der Waals surface area contributed by atoms with E-state index in [1.165, 1.54) is 0 Å². The topological polar surface area (TPSA) is 71.1 Å². The van der Waals surface area contributed by atoms with Crippen molar-refractivity contribution in [2.24, 2.45) is 17.8 Å². The summed E-state index contributed by atoms with van der Waals surface area (Å²) in [6.45, 7) is 14.6. The molecule has 174 valence electrons. The maximum absolute atomic E-state index is 12.2. The van der Waals surface area contributed by atoms with Gasteiger partial charge in [0.15, 0.2) is 0 Å². The second kappa shape index (κ2) is 13.3. The molecule has 2 heterocycles. The summed E-state index contributed by atoms with van der Waals surface area (Å²) in [5, 5.41) is 2.98. The Morgan fingerprint density at radius 1 is 0.900 bits per heavy atom. The van der Waals surface area contributed by atoms with Gasteiger partial charge in [0, 0.05) is 31.6 Å². The monoisotopic (exact) mass is 425 g/mol. The highest BCUT2D eigenvalue weighted by Gasteiger charge is 2.26. The summed E-state index contributed by atoms with van der Waals surface area (Å²) < 4.78 is 11.0. The van der Waals surface area contributed by atoms with E-state index < -0.39 is 0 Å². The van der Waals surface area contributed by atoms with E-state index in [9.17, 15) is 9.59 Å². The van der Waals surface area contributed by atoms with E-state index in [4.69, 9.17) is 9.47 Å². The van der Waals surface area contributed by atoms with E-state index >= 15 is 0 Å². The van der Waals surface area contributed by atoms with E-state index in [2.05, 4.69) is 37.9 Å². The molecule has 0 saturated carbocycles. The molecule has 2 aliphatic rings. The molecular formula is C23H43N3O4. The molecule has 0 atom stereocenters. The predicted octanol–water partition coefficient (Wildman–Crippen LogP) is 2.15. The highest BCUT2D eigenvalue weighted by atomic mass is 16.5. The molecule has 0 aromatic carbocycles. The van der Waals surface area contributed by atoms with Crippen LogP contribution in [0.25, 0.3) is 0 Å². The Bertz CT molecular complexity index is 465. The number of nitrogens with zero attached hydrogens (tertiary/aromatic N) is 2. The van der Waals surface area contributed by atoms with Gasteiger partial charge >= 0.3 is 0 Å². The van der Waals surface area contributed by atoms with Crippen molar-refractivity contribution in [3.8, 4) is 0 Å². The molecule has 0 radical (unpaired) electrons. The summed E-state index contributed by atoms with van der Waals surface area (Å²) in [6, 6.07) is 0.553. The lowest BCUT2D eigenvalue weighted by Gasteiger charge is -2.33. The van der Waals surface area contributed by atoms with Crippen LogP contribution in [-0.4, -0.2) is 86.8 Å². The molecule has 7 heteroatoms. The van der Waals surface area contributed by atoms with Gasteiger partial charge in [0.05, 0.1) is 19.8 Å². The predicted molar refractivity (Wildman–Crippen MR) is 118 cm³/mol. The molecule has 2 fully saturated rings. The van der Waals surface area contributed by atoms with Crippen LogP contribution in [0.15, 0.2) is 0 Å². The van der Waals surface area contributed by atoms with Crippen LogP contribution in [0.5, 0.6) is 0 Å². The number of ether oxygens (including phenoxy) is 2. The number of carbonyl (C=O) groups is 2. The summed E-state index contributed by atoms with van der Waals surface area (Å²) in [6.07, 6.45) is 4.05. The fourth-order valence-electron chi connectivity index (χ4n) is 4.35. The smallest absolute Gasteiger partial charge is 0.248 e. The maximum atomic E-state index is 12.2. The maximum Gasteiger partial charge on any atom is 0.248 e. The standard InChI is InChI=1S/C23H43N3O4/c1-18(2)20-5-12-26(13-6-20)22(27)17-30-16-15-29-14-9-24-23(28)21-7-10-25(11-8-21)19(3)4/h18-21H,5-17H2,1-4H3,(H,24,28). The van der Waals surface area contributed by atoms with Gasteiger partial charge in [-0.1, -0.05) is 13.8 Å². The minimum atomic E-state index is 0.0768. The van der Waals surface area contributed by atoms with Crippen molar-refractivity contribution in [2.45, 2.75) is 59.4 Å². The number of hydrogen-bond acceptors (Lipinski definition) is 5. The van der Waals surface area contributed by atoms with Gasteiger partial charge in [-0.05, 0) is 64.5 Å². The van der Waals surface area contributed by atoms with Crippen molar-refractivity contribution in [1.29, 1.82) is 0 Å². The first-order valence-electron chi connectivity index (χ1n) is 11.8. The molecule has 2 amide bonds. The van der Waals surface area contributed by atoms with Crippen molar-refractivity contribution >= 4 is 11.8 Å². The number of rotatable bonds is 11. The minimum absolute atomic E-state index is 0.0768. The Kier molecular flexibility index (Phi) is 11.1. The fraction of sp³-hybridized carbons (Fsp3) is 0.913. The van der Waals surface area contributed by atoms with E-state index in [0.717, 1.165) is 57.8 Å². The third-order valence-electron chi connectivity index (χ3n) is 6.61. The number of piperidine rings is 2. The molecule has 30 heavy (non-hydrogen) atoms. The van der Waals surface area contributed by atoms with Gasteiger partial charge in [0.25, 0.3) is 0 Å². The van der Waals surface area contributed by atoms with E-state index in [1.807, 2.05) is 4.90 Å². The summed E-state index contributed by atoms with van der Waals surface area (Å²) >= 11 is 0. The molecule has 0 spiro atoms. The molecular weight excluding hydrogens is 382 g/mol. The molecule has 7 nitrogen and oxygen atoms in total. The van der Waals surface area contributed by atoms with Gasteiger partial charge in [-0.15, -0.1) is 0 Å². The molecule has 0 aromatic rings. The van der Waals surface area contributed by atoms with E-state index in [0.29, 0.717) is 38.3 Å². The van der Waals surface area contributed by atoms with Gasteiger partial charge in [-0.25, -0.2) is 0 Å². The average Bonchev–Trinajstić information content (AvgIpc) is 2.75. The number of carbonyl (C=O) groups excluding carboxylic acids is 2. The molecule has 2 saturated heterocycles. The first-order chi connectivity index (χ1) is 14.4. The lowest BCUT2D eigenvalue weighted by molar-refractivity contribution is -0.138. The van der Waals surface area contributed by atoms with Crippen molar-refractivity contribution in [1.82, 2.24) is 15.1 Å². The van der Waals surface area contributed by atoms with Gasteiger partial charge in [0.2, 0.25) is 11.8 Å². The molecule has 2 aliphatic heterocycles. The zero-order valence-electron chi connectivity index (χ0n) is 19.5. The average molecular weight is 426 g/mol.